The molecule has 0 atom stereocenters. The van der Waals surface area contributed by atoms with Crippen LogP contribution >= 0.6 is 11.3 Å². The molecule has 0 spiro atoms. The molecule has 1 aromatic carbocycles. The van der Waals surface area contributed by atoms with Gasteiger partial charge in [0.15, 0.2) is 10.9 Å². The minimum absolute atomic E-state index is 0.0810. The molecule has 4 nitrogen and oxygen atoms in total. The quantitative estimate of drug-likeness (QED) is 0.687. The number of aryl methyl sites for hydroxylation is 1. The van der Waals surface area contributed by atoms with E-state index in [9.17, 15) is 4.79 Å². The van der Waals surface area contributed by atoms with Crippen molar-refractivity contribution in [2.24, 2.45) is 0 Å². The van der Waals surface area contributed by atoms with Crippen molar-refractivity contribution >= 4 is 28.3 Å². The SMILES string of the molecule is COc1ccc(C=CC(=O)c2sc(N)nc2C)cc1. The predicted molar refractivity (Wildman–Crippen MR) is 77.6 cm³/mol. The largest absolute Gasteiger partial charge is 0.497 e. The fourth-order valence-corrected chi connectivity index (χ4v) is 2.36. The molecular formula is C14H14N2O2S. The first-order chi connectivity index (χ1) is 9.10. The average Bonchev–Trinajstić information content (AvgIpc) is 2.75. The Hall–Kier alpha value is -2.14. The summed E-state index contributed by atoms with van der Waals surface area (Å²) in [6.45, 7) is 1.78. The third-order valence-electron chi connectivity index (χ3n) is 2.58. The zero-order valence-corrected chi connectivity index (χ0v) is 11.5. The summed E-state index contributed by atoms with van der Waals surface area (Å²) in [7, 11) is 1.62. The second-order valence-electron chi connectivity index (χ2n) is 3.94. The summed E-state index contributed by atoms with van der Waals surface area (Å²) < 4.78 is 5.07. The van der Waals surface area contributed by atoms with E-state index in [-0.39, 0.29) is 5.78 Å². The number of ketones is 1. The third-order valence-corrected chi connectivity index (χ3v) is 3.58. The summed E-state index contributed by atoms with van der Waals surface area (Å²) in [5, 5.41) is 0.415. The number of hydrogen-bond donors (Lipinski definition) is 1. The van der Waals surface area contributed by atoms with Crippen molar-refractivity contribution < 1.29 is 9.53 Å². The number of hydrogen-bond acceptors (Lipinski definition) is 5. The Morgan fingerprint density at radius 1 is 1.37 bits per heavy atom. The number of carbonyl (C=O) groups is 1. The zero-order valence-electron chi connectivity index (χ0n) is 10.7. The summed E-state index contributed by atoms with van der Waals surface area (Å²) in [4.78, 5) is 16.6. The molecule has 0 aliphatic rings. The molecule has 1 heterocycles. The molecule has 0 unspecified atom stereocenters. The molecule has 1 aromatic heterocycles. The Labute approximate surface area is 115 Å². The van der Waals surface area contributed by atoms with Crippen molar-refractivity contribution in [3.8, 4) is 5.75 Å². The van der Waals surface area contributed by atoms with E-state index in [4.69, 9.17) is 10.5 Å². The van der Waals surface area contributed by atoms with Crippen molar-refractivity contribution in [1.82, 2.24) is 4.98 Å². The number of aromatic nitrogens is 1. The van der Waals surface area contributed by atoms with E-state index in [0.717, 1.165) is 11.3 Å². The summed E-state index contributed by atoms with van der Waals surface area (Å²) in [6, 6.07) is 7.47. The van der Waals surface area contributed by atoms with Gasteiger partial charge in [-0.15, -0.1) is 0 Å². The molecule has 2 rings (SSSR count). The van der Waals surface area contributed by atoms with Crippen molar-refractivity contribution in [1.29, 1.82) is 0 Å². The topological polar surface area (TPSA) is 65.2 Å². The van der Waals surface area contributed by atoms with E-state index in [0.29, 0.717) is 15.7 Å². The maximum Gasteiger partial charge on any atom is 0.197 e. The Morgan fingerprint density at radius 3 is 2.58 bits per heavy atom. The van der Waals surface area contributed by atoms with Crippen LogP contribution in [0.15, 0.2) is 30.3 Å². The van der Waals surface area contributed by atoms with E-state index in [1.165, 1.54) is 17.4 Å². The second kappa shape index (κ2) is 5.67. The maximum absolute atomic E-state index is 12.0. The Kier molecular flexibility index (Phi) is 3.97. The first-order valence-corrected chi connectivity index (χ1v) is 6.51. The smallest absolute Gasteiger partial charge is 0.197 e. The van der Waals surface area contributed by atoms with Gasteiger partial charge in [0.25, 0.3) is 0 Å². The molecule has 0 saturated heterocycles. The highest BCUT2D eigenvalue weighted by molar-refractivity contribution is 7.17. The number of rotatable bonds is 4. The Bertz CT molecular complexity index is 615. The van der Waals surface area contributed by atoms with Gasteiger partial charge >= 0.3 is 0 Å². The predicted octanol–water partition coefficient (Wildman–Crippen LogP) is 2.94. The van der Waals surface area contributed by atoms with Gasteiger partial charge in [-0.2, -0.15) is 0 Å². The van der Waals surface area contributed by atoms with Crippen LogP contribution in [0.1, 0.15) is 20.9 Å². The summed E-state index contributed by atoms with van der Waals surface area (Å²) >= 11 is 1.21. The monoisotopic (exact) mass is 274 g/mol. The van der Waals surface area contributed by atoms with Crippen LogP contribution in [0.4, 0.5) is 5.13 Å². The van der Waals surface area contributed by atoms with E-state index < -0.39 is 0 Å². The highest BCUT2D eigenvalue weighted by atomic mass is 32.1. The number of carbonyl (C=O) groups excluding carboxylic acids is 1. The molecule has 2 N–H and O–H groups in total. The maximum atomic E-state index is 12.0. The fraction of sp³-hybridized carbons (Fsp3) is 0.143. The van der Waals surface area contributed by atoms with Crippen molar-refractivity contribution in [3.63, 3.8) is 0 Å². The van der Waals surface area contributed by atoms with Crippen LogP contribution in [0.5, 0.6) is 5.75 Å². The summed E-state index contributed by atoms with van der Waals surface area (Å²) in [5.74, 6) is 0.706. The molecular weight excluding hydrogens is 260 g/mol. The van der Waals surface area contributed by atoms with E-state index in [1.807, 2.05) is 24.3 Å². The molecule has 98 valence electrons. The lowest BCUT2D eigenvalue weighted by Gasteiger charge is -1.98. The fourth-order valence-electron chi connectivity index (χ4n) is 1.61. The lowest BCUT2D eigenvalue weighted by molar-refractivity contribution is 0.105. The molecule has 0 aliphatic carbocycles. The summed E-state index contributed by atoms with van der Waals surface area (Å²) in [6.07, 6.45) is 3.29. The molecule has 19 heavy (non-hydrogen) atoms. The van der Waals surface area contributed by atoms with Gasteiger partial charge in [-0.25, -0.2) is 4.98 Å². The van der Waals surface area contributed by atoms with Crippen LogP contribution in [0.25, 0.3) is 6.08 Å². The Balaban J connectivity index is 2.13. The minimum atomic E-state index is -0.0810. The number of methoxy groups -OCH3 is 1. The lowest BCUT2D eigenvalue weighted by Crippen LogP contribution is -1.93. The third kappa shape index (κ3) is 3.20. The number of anilines is 1. The van der Waals surface area contributed by atoms with Gasteiger partial charge in [0.1, 0.15) is 5.75 Å². The Morgan fingerprint density at radius 2 is 2.05 bits per heavy atom. The van der Waals surface area contributed by atoms with E-state index in [2.05, 4.69) is 4.98 Å². The first kappa shape index (κ1) is 13.3. The van der Waals surface area contributed by atoms with Crippen molar-refractivity contribution in [2.75, 3.05) is 12.8 Å². The van der Waals surface area contributed by atoms with Gasteiger partial charge in [-0.3, -0.25) is 4.79 Å². The van der Waals surface area contributed by atoms with Crippen LogP contribution in [-0.4, -0.2) is 17.9 Å². The lowest BCUT2D eigenvalue weighted by atomic mass is 10.1. The number of nitrogens with two attached hydrogens (primary N) is 1. The van der Waals surface area contributed by atoms with Crippen LogP contribution < -0.4 is 10.5 Å². The molecule has 2 aromatic rings. The zero-order chi connectivity index (χ0) is 13.8. The van der Waals surface area contributed by atoms with Gasteiger partial charge in [-0.05, 0) is 30.7 Å². The number of thiazole rings is 1. The number of allylic oxidation sites excluding steroid dienone is 1. The molecule has 0 amide bonds. The normalized spacial score (nSPS) is 10.8. The molecule has 0 saturated carbocycles. The van der Waals surface area contributed by atoms with Crippen LogP contribution in [0.2, 0.25) is 0 Å². The van der Waals surface area contributed by atoms with Crippen LogP contribution in [0.3, 0.4) is 0 Å². The molecule has 0 bridgehead atoms. The standard InChI is InChI=1S/C14H14N2O2S/c1-9-13(19-14(15)16-9)12(17)8-5-10-3-6-11(18-2)7-4-10/h3-8H,1-2H3,(H2,15,16). The second-order valence-corrected chi connectivity index (χ2v) is 4.97. The number of nitrogen functional groups attached to an aromatic ring is 1. The highest BCUT2D eigenvalue weighted by Gasteiger charge is 2.11. The van der Waals surface area contributed by atoms with Crippen LogP contribution in [0, 0.1) is 6.92 Å². The molecule has 0 aliphatic heterocycles. The average molecular weight is 274 g/mol. The van der Waals surface area contributed by atoms with Crippen molar-refractivity contribution in [3.05, 3.63) is 46.5 Å². The highest BCUT2D eigenvalue weighted by Crippen LogP contribution is 2.21. The van der Waals surface area contributed by atoms with Gasteiger partial charge in [0.2, 0.25) is 0 Å². The van der Waals surface area contributed by atoms with E-state index in [1.54, 1.807) is 20.1 Å². The van der Waals surface area contributed by atoms with E-state index >= 15 is 0 Å². The summed E-state index contributed by atoms with van der Waals surface area (Å²) in [5.41, 5.74) is 7.18. The molecule has 5 heteroatoms. The molecule has 0 radical (unpaired) electrons. The van der Waals surface area contributed by atoms with Gasteiger partial charge in [0, 0.05) is 0 Å². The van der Waals surface area contributed by atoms with Gasteiger partial charge < -0.3 is 10.5 Å². The molecule has 0 fully saturated rings. The van der Waals surface area contributed by atoms with Gasteiger partial charge in [-0.1, -0.05) is 29.5 Å². The number of nitrogens with zero attached hydrogens (tertiary/aromatic N) is 1. The van der Waals surface area contributed by atoms with Crippen molar-refractivity contribution in [2.45, 2.75) is 6.92 Å². The number of ether oxygens (including phenoxy) is 1. The van der Waals surface area contributed by atoms with Crippen LogP contribution in [-0.2, 0) is 0 Å². The number of benzene rings is 1. The first-order valence-electron chi connectivity index (χ1n) is 5.69. The van der Waals surface area contributed by atoms with Gasteiger partial charge in [0.05, 0.1) is 17.7 Å². The minimum Gasteiger partial charge on any atom is -0.497 e.